The molecule has 2 aromatic heterocycles. The number of rotatable bonds is 12. The van der Waals surface area contributed by atoms with Crippen molar-refractivity contribution >= 4 is 30.2 Å². The number of fused-ring (bicyclic) bond motifs is 1. The van der Waals surface area contributed by atoms with E-state index in [1.807, 2.05) is 6.07 Å². The first-order valence-electron chi connectivity index (χ1n) is 16.3. The molecule has 2 aromatic carbocycles. The van der Waals surface area contributed by atoms with Gasteiger partial charge in [0.1, 0.15) is 23.1 Å². The van der Waals surface area contributed by atoms with Crippen molar-refractivity contribution in [2.24, 2.45) is 12.8 Å². The summed E-state index contributed by atoms with van der Waals surface area (Å²) in [6.45, 7) is 6.73. The highest BCUT2D eigenvalue weighted by atomic mass is 35.5. The lowest BCUT2D eigenvalue weighted by Crippen LogP contribution is -2.29. The standard InChI is InChI=1S/C34H38ClF4N6O7P/c1-32(2,3)51-53(47,52-33(4,5)6)49-17-45-31(46)27-20(24(14-41)43-45)10-18(11-26(27)48-16-34(37,38)39)22-15-42-44(7)30(22)28-21(13-40)25(50-19-8-9-19)12-23(35)29(28)36/h10-12,15,19H,8-9,14,16-17,41H2,1-7H3. The summed E-state index contributed by atoms with van der Waals surface area (Å²) in [5.74, 6) is -1.44. The van der Waals surface area contributed by atoms with Crippen molar-refractivity contribution in [3.63, 3.8) is 0 Å². The number of nitrogens with two attached hydrogens (primary N) is 1. The van der Waals surface area contributed by atoms with Crippen molar-refractivity contribution in [3.8, 4) is 40.0 Å². The zero-order valence-corrected chi connectivity index (χ0v) is 31.6. The zero-order chi connectivity index (χ0) is 39.3. The minimum atomic E-state index is -4.82. The molecule has 286 valence electrons. The number of hydrogen-bond donors (Lipinski definition) is 1. The van der Waals surface area contributed by atoms with Gasteiger partial charge in [-0.2, -0.15) is 28.6 Å². The molecule has 0 unspecified atom stereocenters. The number of aryl methyl sites for hydroxylation is 1. The highest BCUT2D eigenvalue weighted by Gasteiger charge is 2.38. The summed E-state index contributed by atoms with van der Waals surface area (Å²) in [7, 11) is -2.90. The first-order valence-corrected chi connectivity index (χ1v) is 18.1. The van der Waals surface area contributed by atoms with Crippen LogP contribution in [0.2, 0.25) is 5.02 Å². The molecule has 13 nitrogen and oxygen atoms in total. The maximum absolute atomic E-state index is 15.9. The van der Waals surface area contributed by atoms with E-state index in [2.05, 4.69) is 10.2 Å². The predicted octanol–water partition coefficient (Wildman–Crippen LogP) is 7.78. The van der Waals surface area contributed by atoms with Crippen LogP contribution in [0.25, 0.3) is 33.2 Å². The Balaban J connectivity index is 1.71. The van der Waals surface area contributed by atoms with Gasteiger partial charge < -0.3 is 15.2 Å². The first-order chi connectivity index (χ1) is 24.5. The largest absolute Gasteiger partial charge is 0.489 e. The maximum Gasteiger partial charge on any atom is 0.477 e. The number of hydrogen-bond acceptors (Lipinski definition) is 11. The summed E-state index contributed by atoms with van der Waals surface area (Å²) in [5.41, 5.74) is 2.88. The number of ether oxygens (including phenoxy) is 2. The second-order valence-corrected chi connectivity index (χ2v) is 16.2. The van der Waals surface area contributed by atoms with Crippen molar-refractivity contribution in [1.29, 1.82) is 5.26 Å². The average molecular weight is 785 g/mol. The minimum Gasteiger partial charge on any atom is -0.489 e. The van der Waals surface area contributed by atoms with Crippen molar-refractivity contribution in [3.05, 3.63) is 56.8 Å². The molecule has 0 radical (unpaired) electrons. The Morgan fingerprint density at radius 1 is 1.08 bits per heavy atom. The number of aromatic nitrogens is 4. The topological polar surface area (TPSA) is 166 Å². The van der Waals surface area contributed by atoms with Gasteiger partial charge in [-0.1, -0.05) is 11.6 Å². The molecule has 0 aliphatic heterocycles. The van der Waals surface area contributed by atoms with E-state index in [1.54, 1.807) is 41.5 Å². The van der Waals surface area contributed by atoms with Crippen LogP contribution in [0.5, 0.6) is 11.5 Å². The van der Waals surface area contributed by atoms with Crippen molar-refractivity contribution in [2.45, 2.75) is 91.1 Å². The fourth-order valence-corrected chi connectivity index (χ4v) is 7.24. The normalized spacial score (nSPS) is 14.1. The third-order valence-electron chi connectivity index (χ3n) is 7.40. The van der Waals surface area contributed by atoms with Gasteiger partial charge in [0.2, 0.25) is 0 Å². The molecule has 0 amide bonds. The summed E-state index contributed by atoms with van der Waals surface area (Å²) in [5, 5.41) is 18.0. The van der Waals surface area contributed by atoms with Crippen LogP contribution in [0.15, 0.2) is 29.2 Å². The molecule has 0 bridgehead atoms. The van der Waals surface area contributed by atoms with Gasteiger partial charge in [0.25, 0.3) is 5.56 Å². The lowest BCUT2D eigenvalue weighted by atomic mass is 9.95. The Kier molecular flexibility index (Phi) is 11.1. The predicted molar refractivity (Wildman–Crippen MR) is 187 cm³/mol. The molecule has 19 heteroatoms. The SMILES string of the molecule is Cn1ncc(-c2cc(OCC(F)(F)F)c3c(=O)n(COP(=O)(OC(C)(C)C)OC(C)(C)C)nc(CN)c3c2)c1-c1c(F)c(Cl)cc(OC2CC2)c1C#N. The summed E-state index contributed by atoms with van der Waals surface area (Å²) in [4.78, 5) is 14.0. The van der Waals surface area contributed by atoms with Crippen LogP contribution in [0.4, 0.5) is 17.6 Å². The van der Waals surface area contributed by atoms with Crippen LogP contribution in [-0.4, -0.2) is 49.7 Å². The molecule has 5 rings (SSSR count). The van der Waals surface area contributed by atoms with E-state index in [9.17, 15) is 27.8 Å². The van der Waals surface area contributed by atoms with Gasteiger partial charge in [-0.15, -0.1) is 0 Å². The molecular weight excluding hydrogens is 747 g/mol. The minimum absolute atomic E-state index is 0.00225. The fourth-order valence-electron chi connectivity index (χ4n) is 5.31. The van der Waals surface area contributed by atoms with Gasteiger partial charge in [-0.25, -0.2) is 13.6 Å². The van der Waals surface area contributed by atoms with Gasteiger partial charge in [-0.3, -0.25) is 23.0 Å². The lowest BCUT2D eigenvalue weighted by Gasteiger charge is -2.30. The Morgan fingerprint density at radius 3 is 2.26 bits per heavy atom. The van der Waals surface area contributed by atoms with Gasteiger partial charge in [-0.05, 0) is 72.1 Å². The molecule has 1 saturated carbocycles. The molecule has 0 atom stereocenters. The molecule has 1 aliphatic rings. The number of alkyl halides is 3. The Morgan fingerprint density at radius 2 is 1.72 bits per heavy atom. The first kappa shape index (κ1) is 40.2. The summed E-state index contributed by atoms with van der Waals surface area (Å²) in [6.07, 6.45) is -2.21. The van der Waals surface area contributed by atoms with Crippen molar-refractivity contribution in [2.75, 3.05) is 6.61 Å². The number of phosphoric ester groups is 1. The van der Waals surface area contributed by atoms with Crippen LogP contribution in [0.1, 0.15) is 65.6 Å². The fraction of sp³-hybridized carbons (Fsp3) is 0.471. The Bertz CT molecular complexity index is 2180. The van der Waals surface area contributed by atoms with Crippen molar-refractivity contribution in [1.82, 2.24) is 19.6 Å². The second kappa shape index (κ2) is 14.7. The van der Waals surface area contributed by atoms with Crippen molar-refractivity contribution < 1.29 is 45.2 Å². The summed E-state index contributed by atoms with van der Waals surface area (Å²) < 4.78 is 100. The highest BCUT2D eigenvalue weighted by molar-refractivity contribution is 7.48. The van der Waals surface area contributed by atoms with E-state index in [0.717, 1.165) is 18.9 Å². The third-order valence-corrected chi connectivity index (χ3v) is 9.65. The zero-order valence-electron chi connectivity index (χ0n) is 29.9. The number of phosphoric acid groups is 1. The molecule has 0 saturated heterocycles. The van der Waals surface area contributed by atoms with E-state index < -0.39 is 55.7 Å². The monoisotopic (exact) mass is 784 g/mol. The molecule has 1 aliphatic carbocycles. The molecule has 2 N–H and O–H groups in total. The van der Waals surface area contributed by atoms with E-state index in [4.69, 9.17) is 40.4 Å². The molecule has 1 fully saturated rings. The number of nitrogens with zero attached hydrogens (tertiary/aromatic N) is 5. The Hall–Kier alpha value is -4.04. The quantitative estimate of drug-likeness (QED) is 0.110. The van der Waals surface area contributed by atoms with E-state index in [0.29, 0.717) is 4.68 Å². The molecule has 4 aromatic rings. The summed E-state index contributed by atoms with van der Waals surface area (Å²) >= 11 is 6.27. The smallest absolute Gasteiger partial charge is 0.477 e. The van der Waals surface area contributed by atoms with E-state index in [-0.39, 0.29) is 67.8 Å². The van der Waals surface area contributed by atoms with Crippen LogP contribution in [0.3, 0.4) is 0 Å². The average Bonchev–Trinajstić information content (AvgIpc) is 3.77. The third kappa shape index (κ3) is 9.37. The number of halogens is 5. The molecule has 2 heterocycles. The number of benzene rings is 2. The van der Waals surface area contributed by atoms with Crippen LogP contribution in [0, 0.1) is 17.1 Å². The highest BCUT2D eigenvalue weighted by Crippen LogP contribution is 2.55. The molecular formula is C34H38ClF4N6O7P. The van der Waals surface area contributed by atoms with Crippen LogP contribution < -0.4 is 20.8 Å². The van der Waals surface area contributed by atoms with Gasteiger partial charge in [0.05, 0.1) is 50.9 Å². The van der Waals surface area contributed by atoms with Gasteiger partial charge >= 0.3 is 14.0 Å². The van der Waals surface area contributed by atoms with Crippen LogP contribution in [-0.2, 0) is 38.5 Å². The summed E-state index contributed by atoms with van der Waals surface area (Å²) in [6, 6.07) is 5.75. The lowest BCUT2D eigenvalue weighted by molar-refractivity contribution is -0.153. The maximum atomic E-state index is 15.9. The van der Waals surface area contributed by atoms with Crippen LogP contribution >= 0.6 is 19.4 Å². The van der Waals surface area contributed by atoms with E-state index in [1.165, 1.54) is 30.1 Å². The molecule has 53 heavy (non-hydrogen) atoms. The van der Waals surface area contributed by atoms with Gasteiger partial charge in [0.15, 0.2) is 19.2 Å². The van der Waals surface area contributed by atoms with E-state index >= 15 is 4.39 Å². The van der Waals surface area contributed by atoms with Gasteiger partial charge in [0, 0.05) is 30.6 Å². The second-order valence-electron chi connectivity index (χ2n) is 14.2. The molecule has 0 spiro atoms. The number of nitriles is 1. The Labute approximate surface area is 307 Å².